The third kappa shape index (κ3) is 8.27. The third-order valence-corrected chi connectivity index (χ3v) is 9.36. The molecule has 0 aliphatic heterocycles. The van der Waals surface area contributed by atoms with E-state index in [1.165, 1.54) is 30.5 Å². The number of fused-ring (bicyclic) bond motifs is 1. The summed E-state index contributed by atoms with van der Waals surface area (Å²) in [7, 11) is 1.63. The van der Waals surface area contributed by atoms with Crippen LogP contribution in [0.2, 0.25) is 5.02 Å². The molecule has 0 aliphatic carbocycles. The van der Waals surface area contributed by atoms with Gasteiger partial charge < -0.3 is 5.32 Å². The van der Waals surface area contributed by atoms with Gasteiger partial charge in [-0.05, 0) is 98.9 Å². The number of carbonyl (C=O) groups is 1. The number of anilines is 1. The number of amides is 1. The molecular formula is C31H28Cl2F5N5OS2. The van der Waals surface area contributed by atoms with Crippen LogP contribution in [-0.2, 0) is 13.0 Å². The van der Waals surface area contributed by atoms with E-state index in [0.29, 0.717) is 22.5 Å². The predicted molar refractivity (Wildman–Crippen MR) is 178 cm³/mol. The van der Waals surface area contributed by atoms with Crippen LogP contribution in [-0.4, -0.2) is 50.6 Å². The Bertz CT molecular complexity index is 1820. The number of rotatable bonds is 9. The molecule has 4 aromatic rings. The number of thioether (sulfide) groups is 1. The van der Waals surface area contributed by atoms with Crippen LogP contribution in [0.5, 0.6) is 0 Å². The summed E-state index contributed by atoms with van der Waals surface area (Å²) in [6, 6.07) is 8.80. The zero-order valence-electron chi connectivity index (χ0n) is 25.2. The topological polar surface area (TPSA) is 63.1 Å². The minimum absolute atomic E-state index is 0.0196. The van der Waals surface area contributed by atoms with Gasteiger partial charge in [-0.15, -0.1) is 11.8 Å². The predicted octanol–water partition coefficient (Wildman–Crippen LogP) is 9.03. The highest BCUT2D eigenvalue weighted by Crippen LogP contribution is 2.43. The number of alkyl halides is 3. The Kier molecular flexibility index (Phi) is 11.2. The van der Waals surface area contributed by atoms with E-state index in [1.54, 1.807) is 30.9 Å². The third-order valence-electron chi connectivity index (χ3n) is 6.95. The van der Waals surface area contributed by atoms with E-state index in [4.69, 9.17) is 28.2 Å². The van der Waals surface area contributed by atoms with E-state index in [2.05, 4.69) is 22.3 Å². The van der Waals surface area contributed by atoms with E-state index in [1.807, 2.05) is 20.1 Å². The number of hydrogen-bond donors (Lipinski definition) is 1. The highest BCUT2D eigenvalue weighted by Gasteiger charge is 2.33. The van der Waals surface area contributed by atoms with Crippen LogP contribution in [0.1, 0.15) is 36.8 Å². The molecule has 0 spiro atoms. The summed E-state index contributed by atoms with van der Waals surface area (Å²) in [6.45, 7) is 2.40. The fraction of sp³-hybridized carbons (Fsp3) is 0.323. The number of benzene rings is 2. The van der Waals surface area contributed by atoms with Crippen LogP contribution in [0, 0.1) is 23.5 Å². The van der Waals surface area contributed by atoms with Gasteiger partial charge in [0.15, 0.2) is 5.82 Å². The number of carbonyl (C=O) groups excluding carboxylic acids is 1. The Morgan fingerprint density at radius 1 is 1.09 bits per heavy atom. The highest BCUT2D eigenvalue weighted by molar-refractivity contribution is 8.00. The molecule has 6 nitrogen and oxygen atoms in total. The smallest absolute Gasteiger partial charge is 0.311 e. The SMILES string of the molecule is CNC(Cc1cc(F)cc(F)c1)c1nc(C#CC(C)(C)SC)ccc1-c1ccc(Cl)c2c(N(SC)C(=O)Cl)nn(CC(F)(F)F)c12. The van der Waals surface area contributed by atoms with Crippen LogP contribution < -0.4 is 9.62 Å². The summed E-state index contributed by atoms with van der Waals surface area (Å²) in [4.78, 5) is 17.1. The van der Waals surface area contributed by atoms with Crippen LogP contribution in [0.15, 0.2) is 42.5 Å². The molecular weight excluding hydrogens is 688 g/mol. The first-order valence-corrected chi connectivity index (χ1v) is 16.7. The minimum Gasteiger partial charge on any atom is -0.311 e. The van der Waals surface area contributed by atoms with Crippen LogP contribution in [0.3, 0.4) is 0 Å². The lowest BCUT2D eigenvalue weighted by atomic mass is 9.94. The van der Waals surface area contributed by atoms with Gasteiger partial charge in [0.05, 0.1) is 32.4 Å². The van der Waals surface area contributed by atoms with Gasteiger partial charge in [0.25, 0.3) is 0 Å². The first-order valence-electron chi connectivity index (χ1n) is 13.6. The monoisotopic (exact) mass is 715 g/mol. The molecule has 4 rings (SSSR count). The summed E-state index contributed by atoms with van der Waals surface area (Å²) in [5, 5.41) is 6.39. The zero-order valence-corrected chi connectivity index (χ0v) is 28.3. The van der Waals surface area contributed by atoms with E-state index in [9.17, 15) is 26.7 Å². The zero-order chi connectivity index (χ0) is 34.0. The summed E-state index contributed by atoms with van der Waals surface area (Å²) >= 11 is 14.7. The summed E-state index contributed by atoms with van der Waals surface area (Å²) in [6.07, 6.45) is -1.18. The summed E-state index contributed by atoms with van der Waals surface area (Å²) in [5.74, 6) is 4.54. The molecule has 0 saturated carbocycles. The van der Waals surface area contributed by atoms with Crippen molar-refractivity contribution in [3.63, 3.8) is 0 Å². The van der Waals surface area contributed by atoms with Crippen molar-refractivity contribution >= 4 is 69.0 Å². The Hall–Kier alpha value is -3.02. The largest absolute Gasteiger partial charge is 0.408 e. The lowest BCUT2D eigenvalue weighted by molar-refractivity contribution is -0.141. The number of likely N-dealkylation sites (N-methyl/N-ethyl adjacent to an activating group) is 1. The van der Waals surface area contributed by atoms with Gasteiger partial charge in [-0.3, -0.25) is 9.48 Å². The molecule has 0 aliphatic rings. The van der Waals surface area contributed by atoms with Crippen molar-refractivity contribution in [3.8, 4) is 23.0 Å². The molecule has 0 bridgehead atoms. The van der Waals surface area contributed by atoms with Crippen molar-refractivity contribution in [1.29, 1.82) is 0 Å². The maximum atomic E-state index is 14.1. The number of nitrogens with zero attached hydrogens (tertiary/aromatic N) is 4. The normalized spacial score (nSPS) is 12.6. The second-order valence-corrected chi connectivity index (χ2v) is 13.5. The number of nitrogens with one attached hydrogen (secondary N) is 1. The highest BCUT2D eigenvalue weighted by atomic mass is 35.5. The second-order valence-electron chi connectivity index (χ2n) is 10.6. The molecule has 2 aromatic carbocycles. The Morgan fingerprint density at radius 2 is 1.74 bits per heavy atom. The molecule has 1 atom stereocenters. The Balaban J connectivity index is 2.05. The van der Waals surface area contributed by atoms with Gasteiger partial charge in [-0.1, -0.05) is 23.6 Å². The molecule has 2 aromatic heterocycles. The fourth-order valence-corrected chi connectivity index (χ4v) is 5.87. The molecule has 0 fully saturated rings. The first-order chi connectivity index (χ1) is 21.6. The lowest BCUT2D eigenvalue weighted by Gasteiger charge is -2.21. The van der Waals surface area contributed by atoms with Crippen molar-refractivity contribution in [2.75, 3.05) is 23.9 Å². The second kappa shape index (κ2) is 14.4. The molecule has 1 unspecified atom stereocenters. The molecule has 244 valence electrons. The van der Waals surface area contributed by atoms with Crippen LogP contribution >= 0.6 is 46.9 Å². The Labute approximate surface area is 281 Å². The molecule has 2 heterocycles. The maximum Gasteiger partial charge on any atom is 0.408 e. The van der Waals surface area contributed by atoms with Crippen molar-refractivity contribution in [3.05, 3.63) is 76.1 Å². The van der Waals surface area contributed by atoms with Gasteiger partial charge in [-0.2, -0.15) is 18.3 Å². The molecule has 15 heteroatoms. The van der Waals surface area contributed by atoms with E-state index in [0.717, 1.165) is 27.0 Å². The number of aromatic nitrogens is 3. The standard InChI is InChI=1S/C31H28Cl2F5N5OS2/c1-30(2,45-4)11-10-20-6-7-21(26(40-20)24(39-3)14-17-12-18(34)15-19(35)13-17)22-8-9-23(32)25-27(22)42(16-31(36,37)38)41-28(25)43(46-5)29(33)44/h6-9,12-13,15,24,39H,14,16H2,1-5H3. The maximum absolute atomic E-state index is 14.1. The van der Waals surface area contributed by atoms with Gasteiger partial charge in [0, 0.05) is 23.4 Å². The summed E-state index contributed by atoms with van der Waals surface area (Å²) < 4.78 is 71.2. The minimum atomic E-state index is -4.69. The van der Waals surface area contributed by atoms with Crippen LogP contribution in [0.25, 0.3) is 22.0 Å². The molecule has 46 heavy (non-hydrogen) atoms. The van der Waals surface area contributed by atoms with E-state index in [-0.39, 0.29) is 33.7 Å². The average molecular weight is 717 g/mol. The Morgan fingerprint density at radius 3 is 2.30 bits per heavy atom. The van der Waals surface area contributed by atoms with E-state index < -0.39 is 40.5 Å². The van der Waals surface area contributed by atoms with Crippen molar-refractivity contribution in [2.24, 2.45) is 0 Å². The average Bonchev–Trinajstić information content (AvgIpc) is 3.32. The fourth-order valence-electron chi connectivity index (χ4n) is 4.75. The van der Waals surface area contributed by atoms with Crippen LogP contribution in [0.4, 0.5) is 32.6 Å². The van der Waals surface area contributed by atoms with Crippen molar-refractivity contribution < 1.29 is 26.7 Å². The quantitative estimate of drug-likeness (QED) is 0.0614. The van der Waals surface area contributed by atoms with Crippen molar-refractivity contribution in [1.82, 2.24) is 20.1 Å². The summed E-state index contributed by atoms with van der Waals surface area (Å²) in [5.41, 5.74) is 1.68. The van der Waals surface area contributed by atoms with Gasteiger partial charge >= 0.3 is 11.5 Å². The number of pyridine rings is 1. The first kappa shape index (κ1) is 35.8. The number of hydrogen-bond acceptors (Lipinski definition) is 6. The van der Waals surface area contributed by atoms with Gasteiger partial charge in [0.2, 0.25) is 0 Å². The lowest BCUT2D eigenvalue weighted by Crippen LogP contribution is -2.22. The molecule has 1 N–H and O–H groups in total. The van der Waals surface area contributed by atoms with E-state index >= 15 is 0 Å². The molecule has 0 saturated heterocycles. The molecule has 0 radical (unpaired) electrons. The van der Waals surface area contributed by atoms with Gasteiger partial charge in [0.1, 0.15) is 23.9 Å². The molecule has 1 amide bonds. The number of halogens is 7. The van der Waals surface area contributed by atoms with Crippen molar-refractivity contribution in [2.45, 2.75) is 43.8 Å². The van der Waals surface area contributed by atoms with Gasteiger partial charge in [-0.25, -0.2) is 18.1 Å².